The number of carbonyl (C=O) groups excluding carboxylic acids is 3. The Morgan fingerprint density at radius 2 is 1.67 bits per heavy atom. The molecular weight excluding hydrogens is 354 g/mol. The molecule has 0 aliphatic rings. The second kappa shape index (κ2) is 9.27. The highest BCUT2D eigenvalue weighted by Gasteiger charge is 2.32. The maximum Gasteiger partial charge on any atom is 0.435 e. The number of rotatable bonds is 8. The number of ether oxygens (including phenoxy) is 1. The van der Waals surface area contributed by atoms with Gasteiger partial charge in [0.25, 0.3) is 0 Å². The van der Waals surface area contributed by atoms with E-state index in [1.807, 2.05) is 0 Å². The van der Waals surface area contributed by atoms with Crippen LogP contribution >= 0.6 is 0 Å². The molecule has 1 atom stereocenters. The van der Waals surface area contributed by atoms with Crippen LogP contribution in [0.25, 0.3) is 0 Å². The predicted octanol–water partition coefficient (Wildman–Crippen LogP) is 2.86. The minimum Gasteiger partial charge on any atom is -0.480 e. The van der Waals surface area contributed by atoms with E-state index in [1.165, 1.54) is 24.3 Å². The Balaban J connectivity index is 2.86. The Bertz CT molecular complexity index is 704. The monoisotopic (exact) mass is 379 g/mol. The van der Waals surface area contributed by atoms with Crippen molar-refractivity contribution in [1.82, 2.24) is 5.06 Å². The van der Waals surface area contributed by atoms with E-state index >= 15 is 0 Å². The number of benzene rings is 1. The molecule has 1 aromatic rings. The number of hydrogen-bond donors (Lipinski definition) is 2. The molecule has 0 aliphatic carbocycles. The van der Waals surface area contributed by atoms with E-state index in [0.717, 1.165) is 0 Å². The Morgan fingerprint density at radius 1 is 1.11 bits per heavy atom. The molecule has 8 heteroatoms. The number of hydrogen-bond acceptors (Lipinski definition) is 6. The van der Waals surface area contributed by atoms with Crippen molar-refractivity contribution in [3.63, 3.8) is 0 Å². The number of aliphatic carboxylic acids is 1. The Morgan fingerprint density at radius 3 is 2.11 bits per heavy atom. The van der Waals surface area contributed by atoms with Crippen molar-refractivity contribution in [2.24, 2.45) is 0 Å². The maximum absolute atomic E-state index is 12.0. The van der Waals surface area contributed by atoms with E-state index < -0.39 is 23.7 Å². The Labute approximate surface area is 157 Å². The van der Waals surface area contributed by atoms with Gasteiger partial charge in [-0.2, -0.15) is 5.06 Å². The van der Waals surface area contributed by atoms with Crippen molar-refractivity contribution in [2.45, 2.75) is 58.6 Å². The van der Waals surface area contributed by atoms with Crippen LogP contribution in [-0.4, -0.2) is 50.6 Å². The average Bonchev–Trinajstić information content (AvgIpc) is 2.57. The summed E-state index contributed by atoms with van der Waals surface area (Å²) in [4.78, 5) is 46.6. The SMILES string of the molecule is CCC(=O)CC(=O)c1ccc(CC(C(=O)O)N(O)C(=O)OC(C)(C)C)cc1. The summed E-state index contributed by atoms with van der Waals surface area (Å²) < 4.78 is 4.96. The number of carbonyl (C=O) groups is 4. The van der Waals surface area contributed by atoms with Crippen molar-refractivity contribution < 1.29 is 34.2 Å². The Hall–Kier alpha value is -2.74. The fraction of sp³-hybridized carbons (Fsp3) is 0.474. The molecule has 27 heavy (non-hydrogen) atoms. The lowest BCUT2D eigenvalue weighted by Gasteiger charge is -2.26. The zero-order chi connectivity index (χ0) is 20.8. The lowest BCUT2D eigenvalue weighted by atomic mass is 10.0. The molecule has 1 unspecified atom stereocenters. The van der Waals surface area contributed by atoms with Gasteiger partial charge in [-0.1, -0.05) is 31.2 Å². The molecule has 0 saturated carbocycles. The second-order valence-corrected chi connectivity index (χ2v) is 7.07. The first-order chi connectivity index (χ1) is 12.4. The fourth-order valence-electron chi connectivity index (χ4n) is 2.17. The highest BCUT2D eigenvalue weighted by Crippen LogP contribution is 2.15. The summed E-state index contributed by atoms with van der Waals surface area (Å²) in [5.74, 6) is -1.89. The lowest BCUT2D eigenvalue weighted by molar-refractivity contribution is -0.164. The molecule has 0 aromatic heterocycles. The first-order valence-corrected chi connectivity index (χ1v) is 8.52. The van der Waals surface area contributed by atoms with Crippen LogP contribution in [0.15, 0.2) is 24.3 Å². The minimum absolute atomic E-state index is 0.0482. The van der Waals surface area contributed by atoms with Gasteiger partial charge >= 0.3 is 12.1 Å². The van der Waals surface area contributed by atoms with Gasteiger partial charge in [0.2, 0.25) is 0 Å². The molecule has 0 heterocycles. The van der Waals surface area contributed by atoms with Crippen LogP contribution in [0.1, 0.15) is 56.5 Å². The average molecular weight is 379 g/mol. The zero-order valence-corrected chi connectivity index (χ0v) is 15.9. The number of carboxylic acid groups (broad SMARTS) is 1. The molecular formula is C19H25NO7. The molecule has 2 N–H and O–H groups in total. The summed E-state index contributed by atoms with van der Waals surface area (Å²) >= 11 is 0. The third-order valence-corrected chi connectivity index (χ3v) is 3.62. The number of carboxylic acids is 1. The van der Waals surface area contributed by atoms with Gasteiger partial charge in [-0.3, -0.25) is 14.8 Å². The number of Topliss-reactive ketones (excluding diaryl/α,β-unsaturated/α-hetero) is 2. The van der Waals surface area contributed by atoms with E-state index in [4.69, 9.17) is 4.74 Å². The molecule has 0 radical (unpaired) electrons. The fourth-order valence-corrected chi connectivity index (χ4v) is 2.17. The molecule has 148 valence electrons. The standard InChI is InChI=1S/C19H25NO7/c1-5-14(21)11-16(22)13-8-6-12(7-9-13)10-15(17(23)24)20(26)18(25)27-19(2,3)4/h6-9,15,26H,5,10-11H2,1-4H3,(H,23,24). The van der Waals surface area contributed by atoms with E-state index in [0.29, 0.717) is 11.1 Å². The molecule has 1 amide bonds. The summed E-state index contributed by atoms with van der Waals surface area (Å²) in [5, 5.41) is 19.3. The number of hydroxylamine groups is 2. The van der Waals surface area contributed by atoms with Crippen LogP contribution in [0.3, 0.4) is 0 Å². The van der Waals surface area contributed by atoms with Gasteiger partial charge in [0.15, 0.2) is 11.8 Å². The predicted molar refractivity (Wildman–Crippen MR) is 95.7 cm³/mol. The van der Waals surface area contributed by atoms with E-state index in [9.17, 15) is 29.5 Å². The molecule has 0 spiro atoms. The number of nitrogens with zero attached hydrogens (tertiary/aromatic N) is 1. The number of ketones is 2. The summed E-state index contributed by atoms with van der Waals surface area (Å²) in [6.45, 7) is 6.45. The minimum atomic E-state index is -1.55. The third kappa shape index (κ3) is 7.18. The maximum atomic E-state index is 12.0. The smallest absolute Gasteiger partial charge is 0.435 e. The van der Waals surface area contributed by atoms with Crippen LogP contribution in [0, 0.1) is 0 Å². The Kier molecular flexibility index (Phi) is 7.66. The zero-order valence-electron chi connectivity index (χ0n) is 15.9. The van der Waals surface area contributed by atoms with Gasteiger partial charge < -0.3 is 9.84 Å². The summed E-state index contributed by atoms with van der Waals surface area (Å²) in [6, 6.07) is 4.44. The van der Waals surface area contributed by atoms with Gasteiger partial charge in [0.1, 0.15) is 11.4 Å². The summed E-state index contributed by atoms with van der Waals surface area (Å²) in [7, 11) is 0. The van der Waals surface area contributed by atoms with Gasteiger partial charge in [0, 0.05) is 18.4 Å². The van der Waals surface area contributed by atoms with Crippen LogP contribution in [-0.2, 0) is 20.7 Å². The normalized spacial score (nSPS) is 12.2. The van der Waals surface area contributed by atoms with E-state index in [2.05, 4.69) is 0 Å². The first kappa shape index (κ1) is 22.3. The van der Waals surface area contributed by atoms with Crippen molar-refractivity contribution >= 4 is 23.6 Å². The van der Waals surface area contributed by atoms with Crippen LogP contribution in [0.5, 0.6) is 0 Å². The highest BCUT2D eigenvalue weighted by atomic mass is 16.6. The van der Waals surface area contributed by atoms with Crippen LogP contribution in [0.4, 0.5) is 4.79 Å². The van der Waals surface area contributed by atoms with Crippen LogP contribution in [0.2, 0.25) is 0 Å². The van der Waals surface area contributed by atoms with Gasteiger partial charge in [-0.25, -0.2) is 9.59 Å². The highest BCUT2D eigenvalue weighted by molar-refractivity contribution is 6.07. The molecule has 0 saturated heterocycles. The largest absolute Gasteiger partial charge is 0.480 e. The molecule has 8 nitrogen and oxygen atoms in total. The van der Waals surface area contributed by atoms with Gasteiger partial charge in [-0.15, -0.1) is 0 Å². The summed E-state index contributed by atoms with van der Waals surface area (Å²) in [5.41, 5.74) is -0.0669. The molecule has 0 fully saturated rings. The van der Waals surface area contributed by atoms with Crippen LogP contribution < -0.4 is 0 Å². The third-order valence-electron chi connectivity index (χ3n) is 3.62. The molecule has 1 rings (SSSR count). The van der Waals surface area contributed by atoms with Gasteiger partial charge in [0.05, 0.1) is 6.42 Å². The van der Waals surface area contributed by atoms with Crippen molar-refractivity contribution in [1.29, 1.82) is 0 Å². The quantitative estimate of drug-likeness (QED) is 0.308. The van der Waals surface area contributed by atoms with Crippen molar-refractivity contribution in [2.75, 3.05) is 0 Å². The summed E-state index contributed by atoms with van der Waals surface area (Å²) in [6.07, 6.45) is -1.26. The van der Waals surface area contributed by atoms with Crippen molar-refractivity contribution in [3.8, 4) is 0 Å². The first-order valence-electron chi connectivity index (χ1n) is 8.52. The number of amides is 1. The van der Waals surface area contributed by atoms with Crippen molar-refractivity contribution in [3.05, 3.63) is 35.4 Å². The topological polar surface area (TPSA) is 121 Å². The van der Waals surface area contributed by atoms with E-state index in [1.54, 1.807) is 27.7 Å². The lowest BCUT2D eigenvalue weighted by Crippen LogP contribution is -2.46. The van der Waals surface area contributed by atoms with E-state index in [-0.39, 0.29) is 35.9 Å². The molecule has 0 bridgehead atoms. The molecule has 1 aromatic carbocycles. The van der Waals surface area contributed by atoms with Gasteiger partial charge in [-0.05, 0) is 26.3 Å². The molecule has 0 aliphatic heterocycles. The second-order valence-electron chi connectivity index (χ2n) is 7.07.